The maximum Gasteiger partial charge on any atom is 0.00805 e. The highest BCUT2D eigenvalue weighted by Crippen LogP contribution is 2.34. The van der Waals surface area contributed by atoms with Crippen LogP contribution < -0.4 is 11.1 Å². The Hall–Kier alpha value is -0.380. The molecule has 2 rings (SSSR count). The third kappa shape index (κ3) is 2.16. The first-order valence-corrected chi connectivity index (χ1v) is 6.27. The number of nitrogens with two attached hydrogens (primary N) is 1. The molecule has 2 nitrogen and oxygen atoms in total. The molecule has 0 aliphatic heterocycles. The minimum Gasteiger partial charge on any atom is -0.329 e. The second-order valence-electron chi connectivity index (χ2n) is 3.88. The number of aryl methyl sites for hydroxylation is 1. The Morgan fingerprint density at radius 3 is 3.36 bits per heavy atom. The van der Waals surface area contributed by atoms with E-state index in [1.165, 1.54) is 19.3 Å². The number of hydrogen-bond donors (Lipinski definition) is 2. The lowest BCUT2D eigenvalue weighted by Crippen LogP contribution is -2.28. The lowest BCUT2D eigenvalue weighted by molar-refractivity contribution is 0.515. The van der Waals surface area contributed by atoms with E-state index in [4.69, 9.17) is 5.73 Å². The molecule has 1 aromatic rings. The van der Waals surface area contributed by atoms with Gasteiger partial charge in [0.05, 0.1) is 0 Å². The Labute approximate surface area is 89.5 Å². The maximum atomic E-state index is 5.46. The second kappa shape index (κ2) is 4.91. The van der Waals surface area contributed by atoms with E-state index in [0.29, 0.717) is 0 Å². The Bertz CT molecular complexity index is 283. The van der Waals surface area contributed by atoms with Crippen molar-refractivity contribution in [2.75, 3.05) is 19.6 Å². The summed E-state index contributed by atoms with van der Waals surface area (Å²) < 4.78 is 0. The van der Waals surface area contributed by atoms with E-state index < -0.39 is 0 Å². The molecule has 1 atom stereocenters. The van der Waals surface area contributed by atoms with Gasteiger partial charge >= 0.3 is 0 Å². The second-order valence-corrected chi connectivity index (χ2v) is 4.88. The summed E-state index contributed by atoms with van der Waals surface area (Å²) >= 11 is 1.92. The van der Waals surface area contributed by atoms with Gasteiger partial charge in [-0.25, -0.2) is 0 Å². The largest absolute Gasteiger partial charge is 0.329 e. The third-order valence-corrected chi connectivity index (χ3v) is 3.88. The Morgan fingerprint density at radius 2 is 2.50 bits per heavy atom. The quantitative estimate of drug-likeness (QED) is 0.743. The molecule has 1 aromatic heterocycles. The van der Waals surface area contributed by atoms with Gasteiger partial charge in [-0.3, -0.25) is 0 Å². The lowest BCUT2D eigenvalue weighted by Gasteiger charge is -2.22. The van der Waals surface area contributed by atoms with Gasteiger partial charge in [-0.2, -0.15) is 0 Å². The maximum absolute atomic E-state index is 5.46. The number of hydrogen-bond acceptors (Lipinski definition) is 3. The highest BCUT2D eigenvalue weighted by atomic mass is 32.1. The summed E-state index contributed by atoms with van der Waals surface area (Å²) in [5.41, 5.74) is 7.05. The fraction of sp³-hybridized carbons (Fsp3) is 0.636. The average molecular weight is 210 g/mol. The Morgan fingerprint density at radius 1 is 1.57 bits per heavy atom. The summed E-state index contributed by atoms with van der Waals surface area (Å²) in [7, 11) is 0. The Kier molecular flexibility index (Phi) is 3.56. The highest BCUT2D eigenvalue weighted by Gasteiger charge is 2.20. The predicted octanol–water partition coefficient (Wildman–Crippen LogP) is 1.72. The summed E-state index contributed by atoms with van der Waals surface area (Å²) in [5.74, 6) is 0.733. The van der Waals surface area contributed by atoms with Gasteiger partial charge in [0.25, 0.3) is 0 Å². The molecule has 1 heterocycles. The molecule has 0 saturated carbocycles. The van der Waals surface area contributed by atoms with Crippen LogP contribution in [-0.2, 0) is 6.42 Å². The summed E-state index contributed by atoms with van der Waals surface area (Å²) in [6.45, 7) is 2.78. The minimum absolute atomic E-state index is 0.733. The van der Waals surface area contributed by atoms with Gasteiger partial charge in [0.15, 0.2) is 0 Å². The third-order valence-electron chi connectivity index (χ3n) is 2.89. The van der Waals surface area contributed by atoms with Crippen LogP contribution in [0.2, 0.25) is 0 Å². The molecule has 1 aliphatic carbocycles. The highest BCUT2D eigenvalue weighted by molar-refractivity contribution is 7.10. The van der Waals surface area contributed by atoms with Gasteiger partial charge in [-0.05, 0) is 42.2 Å². The fourth-order valence-electron chi connectivity index (χ4n) is 2.17. The van der Waals surface area contributed by atoms with Gasteiger partial charge in [-0.15, -0.1) is 11.3 Å². The topological polar surface area (TPSA) is 38.0 Å². The predicted molar refractivity (Wildman–Crippen MR) is 61.9 cm³/mol. The van der Waals surface area contributed by atoms with Crippen LogP contribution in [0.3, 0.4) is 0 Å². The van der Waals surface area contributed by atoms with Crippen LogP contribution in [0, 0.1) is 0 Å². The Balaban J connectivity index is 1.94. The van der Waals surface area contributed by atoms with Crippen molar-refractivity contribution in [2.24, 2.45) is 5.73 Å². The molecule has 0 saturated heterocycles. The van der Waals surface area contributed by atoms with Crippen molar-refractivity contribution in [1.29, 1.82) is 0 Å². The van der Waals surface area contributed by atoms with Crippen LogP contribution in [0.25, 0.3) is 0 Å². The molecule has 0 spiro atoms. The van der Waals surface area contributed by atoms with Gasteiger partial charge < -0.3 is 11.1 Å². The van der Waals surface area contributed by atoms with Crippen molar-refractivity contribution in [3.8, 4) is 0 Å². The van der Waals surface area contributed by atoms with Crippen LogP contribution in [-0.4, -0.2) is 19.6 Å². The average Bonchev–Trinajstić information content (AvgIpc) is 2.67. The van der Waals surface area contributed by atoms with Gasteiger partial charge in [-0.1, -0.05) is 0 Å². The van der Waals surface area contributed by atoms with Crippen molar-refractivity contribution in [3.63, 3.8) is 0 Å². The van der Waals surface area contributed by atoms with E-state index in [2.05, 4.69) is 16.8 Å². The first-order valence-electron chi connectivity index (χ1n) is 5.39. The van der Waals surface area contributed by atoms with Crippen molar-refractivity contribution < 1.29 is 0 Å². The number of fused-ring (bicyclic) bond motifs is 1. The van der Waals surface area contributed by atoms with Crippen LogP contribution in [0.5, 0.6) is 0 Å². The number of rotatable bonds is 4. The molecule has 3 N–H and O–H groups in total. The van der Waals surface area contributed by atoms with E-state index >= 15 is 0 Å². The summed E-state index contributed by atoms with van der Waals surface area (Å²) in [4.78, 5) is 1.61. The molecule has 78 valence electrons. The molecular weight excluding hydrogens is 192 g/mol. The van der Waals surface area contributed by atoms with Crippen LogP contribution in [0.4, 0.5) is 0 Å². The number of nitrogens with one attached hydrogen (secondary N) is 1. The zero-order valence-corrected chi connectivity index (χ0v) is 9.28. The van der Waals surface area contributed by atoms with Crippen molar-refractivity contribution in [3.05, 3.63) is 21.9 Å². The van der Waals surface area contributed by atoms with Crippen molar-refractivity contribution >= 4 is 11.3 Å². The summed E-state index contributed by atoms with van der Waals surface area (Å²) in [6, 6.07) is 2.30. The SMILES string of the molecule is NCCNCC1CCCc2sccc21. The van der Waals surface area contributed by atoms with Gasteiger partial charge in [0.2, 0.25) is 0 Å². The molecular formula is C11H18N2S. The fourth-order valence-corrected chi connectivity index (χ4v) is 3.18. The molecule has 0 aromatic carbocycles. The lowest BCUT2D eigenvalue weighted by atomic mass is 9.88. The van der Waals surface area contributed by atoms with E-state index in [9.17, 15) is 0 Å². The molecule has 0 amide bonds. The molecule has 0 radical (unpaired) electrons. The molecule has 3 heteroatoms. The molecule has 0 fully saturated rings. The standard InChI is InChI=1S/C11H18N2S/c12-5-6-13-8-9-2-1-3-11-10(9)4-7-14-11/h4,7,9,13H,1-3,5-6,8,12H2. The van der Waals surface area contributed by atoms with Crippen LogP contribution in [0.1, 0.15) is 29.2 Å². The normalized spacial score (nSPS) is 20.8. The zero-order valence-electron chi connectivity index (χ0n) is 8.46. The van der Waals surface area contributed by atoms with E-state index in [-0.39, 0.29) is 0 Å². The van der Waals surface area contributed by atoms with Crippen molar-refractivity contribution in [1.82, 2.24) is 5.32 Å². The van der Waals surface area contributed by atoms with Gasteiger partial charge in [0, 0.05) is 24.5 Å². The van der Waals surface area contributed by atoms with E-state index in [0.717, 1.165) is 25.6 Å². The summed E-state index contributed by atoms with van der Waals surface area (Å²) in [6.07, 6.45) is 3.98. The molecule has 1 aliphatic rings. The van der Waals surface area contributed by atoms with E-state index in [1.54, 1.807) is 10.4 Å². The van der Waals surface area contributed by atoms with Crippen molar-refractivity contribution in [2.45, 2.75) is 25.2 Å². The zero-order chi connectivity index (χ0) is 9.80. The first-order chi connectivity index (χ1) is 6.92. The molecule has 1 unspecified atom stereocenters. The van der Waals surface area contributed by atoms with Gasteiger partial charge in [0.1, 0.15) is 0 Å². The van der Waals surface area contributed by atoms with Crippen LogP contribution >= 0.6 is 11.3 Å². The number of thiophene rings is 1. The minimum atomic E-state index is 0.733. The van der Waals surface area contributed by atoms with Crippen LogP contribution in [0.15, 0.2) is 11.4 Å². The first kappa shape index (κ1) is 10.1. The molecule has 14 heavy (non-hydrogen) atoms. The van der Waals surface area contributed by atoms with E-state index in [1.807, 2.05) is 11.3 Å². The monoisotopic (exact) mass is 210 g/mol. The molecule has 0 bridgehead atoms. The smallest absolute Gasteiger partial charge is 0.00805 e. The summed E-state index contributed by atoms with van der Waals surface area (Å²) in [5, 5.41) is 5.64.